The summed E-state index contributed by atoms with van der Waals surface area (Å²) in [6.45, 7) is 36.6. The average molecular weight is 783 g/mol. The Bertz CT molecular complexity index is 2100. The monoisotopic (exact) mass is 783 g/mol. The van der Waals surface area contributed by atoms with Crippen LogP contribution < -0.4 is 0 Å². The maximum absolute atomic E-state index is 4.66. The first-order chi connectivity index (χ1) is 28.4. The predicted octanol–water partition coefficient (Wildman–Crippen LogP) is 16.9. The van der Waals surface area contributed by atoms with E-state index in [0.29, 0.717) is 29.6 Å². The molecule has 0 bridgehead atoms. The lowest BCUT2D eigenvalue weighted by Gasteiger charge is -2.32. The van der Waals surface area contributed by atoms with Crippen molar-refractivity contribution in [3.8, 4) is 0 Å². The summed E-state index contributed by atoms with van der Waals surface area (Å²) in [6.07, 6.45) is 29.1. The van der Waals surface area contributed by atoms with Gasteiger partial charge in [0.25, 0.3) is 0 Å². The summed E-state index contributed by atoms with van der Waals surface area (Å²) < 4.78 is 0. The van der Waals surface area contributed by atoms with Crippen molar-refractivity contribution in [1.82, 2.24) is 0 Å². The number of rotatable bonds is 17. The molecule has 7 atom stereocenters. The van der Waals surface area contributed by atoms with E-state index in [-0.39, 0.29) is 5.92 Å². The Kier molecular flexibility index (Phi) is 13.9. The third-order valence-electron chi connectivity index (χ3n) is 15.4. The van der Waals surface area contributed by atoms with Crippen molar-refractivity contribution in [2.24, 2.45) is 41.4 Å². The molecular weight excluding hydrogens is 709 g/mol. The summed E-state index contributed by atoms with van der Waals surface area (Å²) in [4.78, 5) is 0. The van der Waals surface area contributed by atoms with Crippen molar-refractivity contribution in [1.29, 1.82) is 0 Å². The fourth-order valence-corrected chi connectivity index (χ4v) is 11.9. The van der Waals surface area contributed by atoms with E-state index in [1.54, 1.807) is 11.1 Å². The van der Waals surface area contributed by atoms with Gasteiger partial charge in [-0.25, -0.2) is 0 Å². The smallest absolute Gasteiger partial charge is 0.0156 e. The van der Waals surface area contributed by atoms with E-state index < -0.39 is 0 Å². The third kappa shape index (κ3) is 9.43. The summed E-state index contributed by atoms with van der Waals surface area (Å²) in [7, 11) is 0. The fraction of sp³-hybridized carbons (Fsp3) is 0.458. The second-order valence-electron chi connectivity index (χ2n) is 19.7. The SMILES string of the molecule is C=C(/C=C1/C=C(c2ccc(C)cc2)C2C(C)C(C)CC2C2C(C)=CC=C12)CCCCCCCCCCC(=C)CCc1cccc2c1C(=C)C(C1CCC(=C)CC1=C)C2=C. The molecule has 0 heterocycles. The quantitative estimate of drug-likeness (QED) is 0.111. The normalized spacial score (nSPS) is 26.9. The Hall–Kier alpha value is -4.16. The van der Waals surface area contributed by atoms with Crippen molar-refractivity contribution in [2.45, 2.75) is 130 Å². The van der Waals surface area contributed by atoms with Gasteiger partial charge in [-0.3, -0.25) is 0 Å². The number of fused-ring (bicyclic) bond motifs is 4. The number of hydrogen-bond acceptors (Lipinski definition) is 0. The minimum atomic E-state index is 0.285. The molecule has 0 nitrogen and oxygen atoms in total. The second kappa shape index (κ2) is 19.0. The molecule has 0 spiro atoms. The summed E-state index contributed by atoms with van der Waals surface area (Å²) in [5.74, 6) is 3.94. The maximum Gasteiger partial charge on any atom is 0.0156 e. The fourth-order valence-electron chi connectivity index (χ4n) is 11.9. The van der Waals surface area contributed by atoms with Gasteiger partial charge in [0.1, 0.15) is 0 Å². The number of aryl methyl sites for hydroxylation is 2. The van der Waals surface area contributed by atoms with Crippen LogP contribution in [0.1, 0.15) is 145 Å². The Morgan fingerprint density at radius 2 is 1.44 bits per heavy atom. The molecule has 310 valence electrons. The van der Waals surface area contributed by atoms with Crippen molar-refractivity contribution in [3.05, 3.63) is 173 Å². The molecule has 2 aromatic carbocycles. The number of benzene rings is 2. The van der Waals surface area contributed by atoms with E-state index in [0.717, 1.165) is 50.9 Å². The Balaban J connectivity index is 0.820. The van der Waals surface area contributed by atoms with Crippen LogP contribution in [-0.4, -0.2) is 0 Å². The lowest BCUT2D eigenvalue weighted by atomic mass is 9.72. The molecule has 5 aliphatic carbocycles. The summed E-state index contributed by atoms with van der Waals surface area (Å²) in [5.41, 5.74) is 20.6. The van der Waals surface area contributed by atoms with Crippen molar-refractivity contribution >= 4 is 16.7 Å². The van der Waals surface area contributed by atoms with Gasteiger partial charge < -0.3 is 0 Å². The molecule has 0 aliphatic heterocycles. The highest BCUT2D eigenvalue weighted by Gasteiger charge is 2.48. The number of unbranched alkanes of at least 4 members (excludes halogenated alkanes) is 7. The van der Waals surface area contributed by atoms with Gasteiger partial charge in [0.15, 0.2) is 0 Å². The molecule has 0 saturated heterocycles. The number of allylic oxidation sites excluding steroid dienone is 14. The highest BCUT2D eigenvalue weighted by molar-refractivity contribution is 5.95. The molecule has 7 rings (SSSR count). The molecular formula is C59H74. The molecule has 0 amide bonds. The zero-order chi connectivity index (χ0) is 41.8. The van der Waals surface area contributed by atoms with E-state index in [1.165, 1.54) is 130 Å². The van der Waals surface area contributed by atoms with Crippen LogP contribution in [0.4, 0.5) is 0 Å². The highest BCUT2D eigenvalue weighted by Crippen LogP contribution is 2.58. The van der Waals surface area contributed by atoms with Gasteiger partial charge in [-0.05, 0) is 158 Å². The molecule has 2 saturated carbocycles. The molecule has 0 N–H and O–H groups in total. The Morgan fingerprint density at radius 1 is 0.746 bits per heavy atom. The van der Waals surface area contributed by atoms with Crippen LogP contribution in [0.25, 0.3) is 16.7 Å². The minimum Gasteiger partial charge on any atom is -0.0999 e. The first-order valence-corrected chi connectivity index (χ1v) is 23.5. The molecule has 2 aromatic rings. The van der Waals surface area contributed by atoms with Gasteiger partial charge >= 0.3 is 0 Å². The summed E-state index contributed by atoms with van der Waals surface area (Å²) in [6, 6.07) is 16.1. The molecule has 2 fully saturated rings. The first kappa shape index (κ1) is 42.9. The molecule has 0 aromatic heterocycles. The van der Waals surface area contributed by atoms with Gasteiger partial charge in [0, 0.05) is 11.8 Å². The lowest BCUT2D eigenvalue weighted by molar-refractivity contribution is 0.352. The minimum absolute atomic E-state index is 0.285. The van der Waals surface area contributed by atoms with E-state index in [9.17, 15) is 0 Å². The van der Waals surface area contributed by atoms with Gasteiger partial charge in [0.2, 0.25) is 0 Å². The zero-order valence-electron chi connectivity index (χ0n) is 37.4. The molecule has 0 heteroatoms. The van der Waals surface area contributed by atoms with Gasteiger partial charge in [-0.2, -0.15) is 0 Å². The Labute approximate surface area is 360 Å². The highest BCUT2D eigenvalue weighted by atomic mass is 14.5. The molecule has 0 radical (unpaired) electrons. The van der Waals surface area contributed by atoms with Crippen LogP contribution in [0.2, 0.25) is 0 Å². The molecule has 59 heavy (non-hydrogen) atoms. The van der Waals surface area contributed by atoms with Gasteiger partial charge in [-0.1, -0.05) is 192 Å². The third-order valence-corrected chi connectivity index (χ3v) is 15.4. The van der Waals surface area contributed by atoms with Crippen LogP contribution in [0.5, 0.6) is 0 Å². The van der Waals surface area contributed by atoms with Gasteiger partial charge in [0.05, 0.1) is 0 Å². The first-order valence-electron chi connectivity index (χ1n) is 23.5. The lowest BCUT2D eigenvalue weighted by Crippen LogP contribution is -2.22. The van der Waals surface area contributed by atoms with Crippen LogP contribution >= 0.6 is 0 Å². The van der Waals surface area contributed by atoms with E-state index in [1.807, 2.05) is 0 Å². The average Bonchev–Trinajstić information content (AvgIpc) is 3.79. The predicted molar refractivity (Wildman–Crippen MR) is 259 cm³/mol. The van der Waals surface area contributed by atoms with Crippen LogP contribution in [0.15, 0.2) is 145 Å². The summed E-state index contributed by atoms with van der Waals surface area (Å²) >= 11 is 0. The van der Waals surface area contributed by atoms with E-state index in [4.69, 9.17) is 0 Å². The largest absolute Gasteiger partial charge is 0.0999 e. The molecule has 7 unspecified atom stereocenters. The zero-order valence-corrected chi connectivity index (χ0v) is 37.4. The Morgan fingerprint density at radius 3 is 2.15 bits per heavy atom. The van der Waals surface area contributed by atoms with Crippen LogP contribution in [0, 0.1) is 48.3 Å². The van der Waals surface area contributed by atoms with Crippen LogP contribution in [0.3, 0.4) is 0 Å². The number of hydrogen-bond donors (Lipinski definition) is 0. The topological polar surface area (TPSA) is 0 Å². The van der Waals surface area contributed by atoms with Crippen molar-refractivity contribution < 1.29 is 0 Å². The second-order valence-corrected chi connectivity index (χ2v) is 19.7. The van der Waals surface area contributed by atoms with E-state index in [2.05, 4.69) is 134 Å². The van der Waals surface area contributed by atoms with Crippen molar-refractivity contribution in [2.75, 3.05) is 0 Å². The standard InChI is InChI=1S/C59H74/c1-38(26-31-49-22-19-23-52-46(9)57(47(10)58(49)52)51-32-27-41(4)34-44(51)7)20-17-15-13-11-12-14-16-18-21-40(3)35-50-37-54(48-29-24-39(2)25-30-48)59-45(8)43(6)36-55(59)56-42(5)28-33-53(50)56/h19,22-25,28-30,33,35,37,43,45,51,55-57,59H,1,3-4,7,9-18,20-21,26-27,31-32,34,36H2,2,5-6,8H3/b50-35-. The van der Waals surface area contributed by atoms with E-state index >= 15 is 0 Å². The van der Waals surface area contributed by atoms with Crippen molar-refractivity contribution in [3.63, 3.8) is 0 Å². The summed E-state index contributed by atoms with van der Waals surface area (Å²) in [5, 5.41) is 0. The van der Waals surface area contributed by atoms with Crippen LogP contribution in [-0.2, 0) is 6.42 Å². The van der Waals surface area contributed by atoms with Gasteiger partial charge in [-0.15, -0.1) is 0 Å². The maximum atomic E-state index is 4.66. The molecule has 5 aliphatic rings.